The van der Waals surface area contributed by atoms with E-state index in [9.17, 15) is 0 Å². The summed E-state index contributed by atoms with van der Waals surface area (Å²) in [6, 6.07) is 7.49. The number of rotatable bonds is 8. The van der Waals surface area contributed by atoms with Crippen molar-refractivity contribution in [3.05, 3.63) is 35.4 Å². The van der Waals surface area contributed by atoms with E-state index in [0.29, 0.717) is 18.7 Å². The molecule has 0 saturated carbocycles. The van der Waals surface area contributed by atoms with Crippen molar-refractivity contribution in [2.24, 2.45) is 10.9 Å². The van der Waals surface area contributed by atoms with Gasteiger partial charge in [0.2, 0.25) is 0 Å². The Kier molecular flexibility index (Phi) is 6.88. The summed E-state index contributed by atoms with van der Waals surface area (Å²) in [6.45, 7) is 2.00. The maximum Gasteiger partial charge on any atom is 0.170 e. The van der Waals surface area contributed by atoms with E-state index < -0.39 is 0 Å². The van der Waals surface area contributed by atoms with Crippen molar-refractivity contribution in [2.45, 2.75) is 12.6 Å². The highest BCUT2D eigenvalue weighted by Gasteiger charge is 2.05. The number of ether oxygens (including phenoxy) is 2. The Morgan fingerprint density at radius 2 is 2.05 bits per heavy atom. The molecule has 1 aromatic rings. The minimum Gasteiger partial charge on any atom is -0.409 e. The van der Waals surface area contributed by atoms with Crippen molar-refractivity contribution in [3.8, 4) is 0 Å². The van der Waals surface area contributed by atoms with Gasteiger partial charge in [0.15, 0.2) is 5.84 Å². The van der Waals surface area contributed by atoms with E-state index in [0.717, 1.165) is 12.1 Å². The summed E-state index contributed by atoms with van der Waals surface area (Å²) in [5.74, 6) is 0.110. The Hall–Kier alpha value is -1.63. The first kappa shape index (κ1) is 15.4. The predicted molar refractivity (Wildman–Crippen MR) is 73.3 cm³/mol. The number of nitrogens with two attached hydrogens (primary N) is 1. The molecule has 0 aromatic heterocycles. The van der Waals surface area contributed by atoms with Gasteiger partial charge in [-0.2, -0.15) is 0 Å². The minimum absolute atomic E-state index is 0.0430. The molecular weight excluding hydrogens is 246 g/mol. The van der Waals surface area contributed by atoms with Crippen molar-refractivity contribution < 1.29 is 14.7 Å². The smallest absolute Gasteiger partial charge is 0.170 e. The van der Waals surface area contributed by atoms with Crippen LogP contribution in [-0.4, -0.2) is 44.5 Å². The van der Waals surface area contributed by atoms with Crippen LogP contribution in [0.3, 0.4) is 0 Å². The van der Waals surface area contributed by atoms with Gasteiger partial charge in [-0.25, -0.2) is 0 Å². The van der Waals surface area contributed by atoms with E-state index in [1.165, 1.54) is 0 Å². The average Bonchev–Trinajstić information content (AvgIpc) is 2.46. The molecule has 0 amide bonds. The van der Waals surface area contributed by atoms with Gasteiger partial charge in [0, 0.05) is 32.9 Å². The lowest BCUT2D eigenvalue weighted by Crippen LogP contribution is -2.31. The fourth-order valence-corrected chi connectivity index (χ4v) is 1.62. The third-order valence-corrected chi connectivity index (χ3v) is 2.74. The zero-order valence-electron chi connectivity index (χ0n) is 11.3. The molecule has 1 aromatic carbocycles. The molecule has 0 aliphatic carbocycles. The lowest BCUT2D eigenvalue weighted by atomic mass is 10.1. The van der Waals surface area contributed by atoms with E-state index in [2.05, 4.69) is 10.5 Å². The summed E-state index contributed by atoms with van der Waals surface area (Å²) in [5, 5.41) is 14.8. The van der Waals surface area contributed by atoms with Crippen molar-refractivity contribution in [1.29, 1.82) is 0 Å². The SMILES string of the molecule is COCC(CNCc1ccc(/C(N)=N/O)cc1)OC. The number of amidine groups is 1. The van der Waals surface area contributed by atoms with Gasteiger partial charge in [-0.05, 0) is 5.56 Å². The molecule has 0 heterocycles. The van der Waals surface area contributed by atoms with Crippen molar-refractivity contribution in [2.75, 3.05) is 27.4 Å². The third-order valence-electron chi connectivity index (χ3n) is 2.74. The number of methoxy groups -OCH3 is 2. The molecule has 0 saturated heterocycles. The molecule has 1 unspecified atom stereocenters. The number of nitrogens with one attached hydrogen (secondary N) is 1. The van der Waals surface area contributed by atoms with Gasteiger partial charge in [0.25, 0.3) is 0 Å². The second-order valence-corrected chi connectivity index (χ2v) is 4.13. The second kappa shape index (κ2) is 8.47. The molecule has 0 bridgehead atoms. The number of hydrogen-bond donors (Lipinski definition) is 3. The summed E-state index contributed by atoms with van der Waals surface area (Å²) in [6.07, 6.45) is 0.0430. The molecule has 0 spiro atoms. The van der Waals surface area contributed by atoms with Crippen LogP contribution in [0.2, 0.25) is 0 Å². The van der Waals surface area contributed by atoms with Crippen LogP contribution in [0, 0.1) is 0 Å². The molecule has 6 nitrogen and oxygen atoms in total. The van der Waals surface area contributed by atoms with E-state index in [1.54, 1.807) is 14.2 Å². The van der Waals surface area contributed by atoms with E-state index in [4.69, 9.17) is 20.4 Å². The molecule has 1 atom stereocenters. The van der Waals surface area contributed by atoms with Crippen molar-refractivity contribution in [3.63, 3.8) is 0 Å². The van der Waals surface area contributed by atoms with Crippen LogP contribution in [0.1, 0.15) is 11.1 Å². The number of hydrogen-bond acceptors (Lipinski definition) is 5. The first-order chi connectivity index (χ1) is 9.21. The Morgan fingerprint density at radius 3 is 2.58 bits per heavy atom. The molecule has 0 fully saturated rings. The molecule has 6 heteroatoms. The number of nitrogens with zero attached hydrogens (tertiary/aromatic N) is 1. The molecule has 4 N–H and O–H groups in total. The third kappa shape index (κ3) is 5.25. The molecule has 19 heavy (non-hydrogen) atoms. The molecular formula is C13H21N3O3. The largest absolute Gasteiger partial charge is 0.409 e. The van der Waals surface area contributed by atoms with Crippen LogP contribution < -0.4 is 11.1 Å². The Labute approximate surface area is 113 Å². The fourth-order valence-electron chi connectivity index (χ4n) is 1.62. The Balaban J connectivity index is 2.41. The van der Waals surface area contributed by atoms with Gasteiger partial charge in [-0.3, -0.25) is 0 Å². The zero-order valence-corrected chi connectivity index (χ0v) is 11.3. The molecule has 106 valence electrons. The number of oxime groups is 1. The van der Waals surface area contributed by atoms with Crippen LogP contribution in [0.4, 0.5) is 0 Å². The standard InChI is InChI=1S/C13H21N3O3/c1-18-9-12(19-2)8-15-7-10-3-5-11(6-4-10)13(14)16-17/h3-6,12,15,17H,7-9H2,1-2H3,(H2,14,16). The summed E-state index contributed by atoms with van der Waals surface area (Å²) in [7, 11) is 3.31. The first-order valence-electron chi connectivity index (χ1n) is 6.00. The first-order valence-corrected chi connectivity index (χ1v) is 6.00. The van der Waals surface area contributed by atoms with Gasteiger partial charge in [0.1, 0.15) is 0 Å². The van der Waals surface area contributed by atoms with Gasteiger partial charge in [-0.1, -0.05) is 29.4 Å². The lowest BCUT2D eigenvalue weighted by Gasteiger charge is -2.15. The average molecular weight is 267 g/mol. The lowest BCUT2D eigenvalue weighted by molar-refractivity contribution is 0.0288. The predicted octanol–water partition coefficient (Wildman–Crippen LogP) is 0.532. The summed E-state index contributed by atoms with van der Waals surface area (Å²) >= 11 is 0. The maximum absolute atomic E-state index is 8.56. The minimum atomic E-state index is 0.0430. The van der Waals surface area contributed by atoms with Gasteiger partial charge >= 0.3 is 0 Å². The summed E-state index contributed by atoms with van der Waals surface area (Å²) in [5.41, 5.74) is 7.30. The normalized spacial score (nSPS) is 13.5. The van der Waals surface area contributed by atoms with Crippen LogP contribution >= 0.6 is 0 Å². The maximum atomic E-state index is 8.56. The monoisotopic (exact) mass is 267 g/mol. The van der Waals surface area contributed by atoms with Gasteiger partial charge in [-0.15, -0.1) is 0 Å². The van der Waals surface area contributed by atoms with Crippen LogP contribution in [-0.2, 0) is 16.0 Å². The highest BCUT2D eigenvalue weighted by molar-refractivity contribution is 5.96. The van der Waals surface area contributed by atoms with Gasteiger partial charge < -0.3 is 25.7 Å². The van der Waals surface area contributed by atoms with Crippen LogP contribution in [0.15, 0.2) is 29.4 Å². The van der Waals surface area contributed by atoms with E-state index in [-0.39, 0.29) is 11.9 Å². The Bertz CT molecular complexity index is 393. The van der Waals surface area contributed by atoms with E-state index in [1.807, 2.05) is 24.3 Å². The zero-order chi connectivity index (χ0) is 14.1. The van der Waals surface area contributed by atoms with Crippen molar-refractivity contribution >= 4 is 5.84 Å². The number of benzene rings is 1. The summed E-state index contributed by atoms with van der Waals surface area (Å²) < 4.78 is 10.3. The quantitative estimate of drug-likeness (QED) is 0.277. The highest BCUT2D eigenvalue weighted by Crippen LogP contribution is 2.04. The van der Waals surface area contributed by atoms with E-state index >= 15 is 0 Å². The van der Waals surface area contributed by atoms with Crippen molar-refractivity contribution in [1.82, 2.24) is 5.32 Å². The Morgan fingerprint density at radius 1 is 1.37 bits per heavy atom. The van der Waals surface area contributed by atoms with Crippen LogP contribution in [0.5, 0.6) is 0 Å². The second-order valence-electron chi connectivity index (χ2n) is 4.13. The van der Waals surface area contributed by atoms with Gasteiger partial charge in [0.05, 0.1) is 12.7 Å². The molecule has 0 aliphatic heterocycles. The molecule has 0 aliphatic rings. The fraction of sp³-hybridized carbons (Fsp3) is 0.462. The topological polar surface area (TPSA) is 89.1 Å². The summed E-state index contributed by atoms with van der Waals surface area (Å²) in [4.78, 5) is 0. The highest BCUT2D eigenvalue weighted by atomic mass is 16.5. The van der Waals surface area contributed by atoms with Crippen LogP contribution in [0.25, 0.3) is 0 Å². The molecule has 1 rings (SSSR count). The molecule has 0 radical (unpaired) electrons.